The van der Waals surface area contributed by atoms with Gasteiger partial charge in [-0.3, -0.25) is 0 Å². The van der Waals surface area contributed by atoms with E-state index in [9.17, 15) is 4.39 Å². The molecule has 2 aromatic rings. The van der Waals surface area contributed by atoms with Crippen molar-refractivity contribution in [3.8, 4) is 0 Å². The highest BCUT2D eigenvalue weighted by Crippen LogP contribution is 2.20. The van der Waals surface area contributed by atoms with Crippen LogP contribution in [0, 0.1) is 12.7 Å². The molecule has 0 bridgehead atoms. The normalized spacial score (nSPS) is 12.4. The number of aryl methyl sites for hydroxylation is 1. The lowest BCUT2D eigenvalue weighted by Crippen LogP contribution is -2.18. The molecular formula is C16H17BrFN. The summed E-state index contributed by atoms with van der Waals surface area (Å²) in [4.78, 5) is 0. The molecule has 0 radical (unpaired) electrons. The number of hydrogen-bond donors (Lipinski definition) is 1. The molecule has 1 nitrogen and oxygen atoms in total. The molecular weight excluding hydrogens is 305 g/mol. The highest BCUT2D eigenvalue weighted by atomic mass is 79.9. The molecule has 100 valence electrons. The third kappa shape index (κ3) is 3.88. The van der Waals surface area contributed by atoms with E-state index in [-0.39, 0.29) is 11.9 Å². The summed E-state index contributed by atoms with van der Waals surface area (Å²) in [6.07, 6.45) is 0. The zero-order chi connectivity index (χ0) is 13.8. The molecule has 19 heavy (non-hydrogen) atoms. The second kappa shape index (κ2) is 6.31. The lowest BCUT2D eigenvalue weighted by atomic mass is 10.1. The second-order valence-corrected chi connectivity index (χ2v) is 5.61. The van der Waals surface area contributed by atoms with Crippen molar-refractivity contribution in [2.75, 3.05) is 0 Å². The van der Waals surface area contributed by atoms with Crippen molar-refractivity contribution in [3.05, 3.63) is 69.4 Å². The van der Waals surface area contributed by atoms with Crippen LogP contribution < -0.4 is 5.32 Å². The average Bonchev–Trinajstić information content (AvgIpc) is 2.37. The molecule has 2 rings (SSSR count). The van der Waals surface area contributed by atoms with Gasteiger partial charge in [0.1, 0.15) is 5.82 Å². The van der Waals surface area contributed by atoms with Crippen molar-refractivity contribution in [1.82, 2.24) is 5.32 Å². The number of hydrogen-bond acceptors (Lipinski definition) is 1. The Morgan fingerprint density at radius 3 is 2.68 bits per heavy atom. The van der Waals surface area contributed by atoms with E-state index in [1.165, 1.54) is 17.2 Å². The van der Waals surface area contributed by atoms with Crippen molar-refractivity contribution in [1.29, 1.82) is 0 Å². The third-order valence-corrected chi connectivity index (χ3v) is 3.89. The molecule has 0 saturated carbocycles. The van der Waals surface area contributed by atoms with Gasteiger partial charge >= 0.3 is 0 Å². The molecule has 3 heteroatoms. The van der Waals surface area contributed by atoms with Gasteiger partial charge in [-0.05, 0) is 48.7 Å². The summed E-state index contributed by atoms with van der Waals surface area (Å²) in [5.41, 5.74) is 3.39. The van der Waals surface area contributed by atoms with Gasteiger partial charge in [0.15, 0.2) is 0 Å². The van der Waals surface area contributed by atoms with Crippen molar-refractivity contribution < 1.29 is 4.39 Å². The minimum atomic E-state index is -0.192. The molecule has 0 aliphatic rings. The first-order valence-corrected chi connectivity index (χ1v) is 7.09. The smallest absolute Gasteiger partial charge is 0.123 e. The van der Waals surface area contributed by atoms with Gasteiger partial charge < -0.3 is 5.32 Å². The van der Waals surface area contributed by atoms with Crippen molar-refractivity contribution in [2.45, 2.75) is 26.4 Å². The van der Waals surface area contributed by atoms with E-state index in [2.05, 4.69) is 46.4 Å². The first-order valence-electron chi connectivity index (χ1n) is 6.30. The van der Waals surface area contributed by atoms with E-state index >= 15 is 0 Å². The molecule has 0 aliphatic carbocycles. The highest BCUT2D eigenvalue weighted by Gasteiger charge is 2.07. The van der Waals surface area contributed by atoms with Crippen LogP contribution in [0.3, 0.4) is 0 Å². The predicted octanol–water partition coefficient (Wildman–Crippen LogP) is 4.75. The fraction of sp³-hybridized carbons (Fsp3) is 0.250. The van der Waals surface area contributed by atoms with E-state index in [1.807, 2.05) is 13.0 Å². The van der Waals surface area contributed by atoms with Gasteiger partial charge in [0.2, 0.25) is 0 Å². The van der Waals surface area contributed by atoms with Crippen LogP contribution in [-0.4, -0.2) is 0 Å². The molecule has 0 aromatic heterocycles. The Bertz CT molecular complexity index is 568. The van der Waals surface area contributed by atoms with Crippen molar-refractivity contribution in [2.24, 2.45) is 0 Å². The maximum absolute atomic E-state index is 13.2. The van der Waals surface area contributed by atoms with Crippen LogP contribution in [0.25, 0.3) is 0 Å². The average molecular weight is 322 g/mol. The lowest BCUT2D eigenvalue weighted by molar-refractivity contribution is 0.564. The van der Waals surface area contributed by atoms with E-state index in [0.29, 0.717) is 0 Å². The summed E-state index contributed by atoms with van der Waals surface area (Å²) in [6.45, 7) is 4.85. The van der Waals surface area contributed by atoms with Crippen LogP contribution in [-0.2, 0) is 6.54 Å². The SMILES string of the molecule is Cc1ccc(CN[C@@H](C)c2cccc(F)c2)c(Br)c1. The van der Waals surface area contributed by atoms with Gasteiger partial charge in [0.25, 0.3) is 0 Å². The minimum absolute atomic E-state index is 0.115. The summed E-state index contributed by atoms with van der Waals surface area (Å²) < 4.78 is 14.3. The Labute approximate surface area is 122 Å². The maximum atomic E-state index is 13.2. The fourth-order valence-electron chi connectivity index (χ4n) is 1.95. The van der Waals surface area contributed by atoms with Crippen LogP contribution in [0.2, 0.25) is 0 Å². The molecule has 2 aromatic carbocycles. The van der Waals surface area contributed by atoms with Gasteiger partial charge in [-0.15, -0.1) is 0 Å². The molecule has 0 amide bonds. The van der Waals surface area contributed by atoms with Gasteiger partial charge in [-0.1, -0.05) is 40.2 Å². The predicted molar refractivity (Wildman–Crippen MR) is 80.5 cm³/mol. The quantitative estimate of drug-likeness (QED) is 0.857. The molecule has 0 unspecified atom stereocenters. The number of nitrogens with one attached hydrogen (secondary N) is 1. The summed E-state index contributed by atoms with van der Waals surface area (Å²) >= 11 is 3.57. The van der Waals surface area contributed by atoms with Gasteiger partial charge in [0, 0.05) is 17.1 Å². The van der Waals surface area contributed by atoms with Gasteiger partial charge in [0.05, 0.1) is 0 Å². The van der Waals surface area contributed by atoms with Crippen molar-refractivity contribution in [3.63, 3.8) is 0 Å². The van der Waals surface area contributed by atoms with Crippen LogP contribution >= 0.6 is 15.9 Å². The van der Waals surface area contributed by atoms with Crippen LogP contribution in [0.1, 0.15) is 29.7 Å². The first-order chi connectivity index (χ1) is 9.06. The molecule has 0 aliphatic heterocycles. The van der Waals surface area contributed by atoms with Crippen LogP contribution in [0.4, 0.5) is 4.39 Å². The summed E-state index contributed by atoms with van der Waals surface area (Å²) in [5.74, 6) is -0.192. The zero-order valence-electron chi connectivity index (χ0n) is 11.1. The largest absolute Gasteiger partial charge is 0.306 e. The Balaban J connectivity index is 2.02. The maximum Gasteiger partial charge on any atom is 0.123 e. The van der Waals surface area contributed by atoms with Gasteiger partial charge in [-0.25, -0.2) is 4.39 Å². The Morgan fingerprint density at radius 1 is 1.21 bits per heavy atom. The van der Waals surface area contributed by atoms with Crippen LogP contribution in [0.15, 0.2) is 46.9 Å². The van der Waals surface area contributed by atoms with Crippen molar-refractivity contribution >= 4 is 15.9 Å². The second-order valence-electron chi connectivity index (χ2n) is 4.75. The Morgan fingerprint density at radius 2 is 2.00 bits per heavy atom. The molecule has 0 saturated heterocycles. The number of halogens is 2. The molecule has 0 heterocycles. The number of rotatable bonds is 4. The van der Waals surface area contributed by atoms with Crippen LogP contribution in [0.5, 0.6) is 0 Å². The molecule has 0 spiro atoms. The first kappa shape index (κ1) is 14.2. The van der Waals surface area contributed by atoms with E-state index in [1.54, 1.807) is 12.1 Å². The Kier molecular flexibility index (Phi) is 4.72. The Hall–Kier alpha value is -1.19. The topological polar surface area (TPSA) is 12.0 Å². The van der Waals surface area contributed by atoms with Gasteiger partial charge in [-0.2, -0.15) is 0 Å². The summed E-state index contributed by atoms with van der Waals surface area (Å²) in [6, 6.07) is 13.1. The molecule has 1 atom stereocenters. The summed E-state index contributed by atoms with van der Waals surface area (Å²) in [7, 11) is 0. The standard InChI is InChI=1S/C16H17BrFN/c1-11-6-7-14(16(17)8-11)10-19-12(2)13-4-3-5-15(18)9-13/h3-9,12,19H,10H2,1-2H3/t12-/m0/s1. The zero-order valence-corrected chi connectivity index (χ0v) is 12.7. The van der Waals surface area contributed by atoms with E-state index in [4.69, 9.17) is 0 Å². The van der Waals surface area contributed by atoms with E-state index in [0.717, 1.165) is 16.6 Å². The minimum Gasteiger partial charge on any atom is -0.306 e. The monoisotopic (exact) mass is 321 g/mol. The lowest BCUT2D eigenvalue weighted by Gasteiger charge is -2.15. The third-order valence-electron chi connectivity index (χ3n) is 3.16. The fourth-order valence-corrected chi connectivity index (χ4v) is 2.59. The summed E-state index contributed by atoms with van der Waals surface area (Å²) in [5, 5.41) is 3.41. The highest BCUT2D eigenvalue weighted by molar-refractivity contribution is 9.10. The van der Waals surface area contributed by atoms with E-state index < -0.39 is 0 Å². The molecule has 1 N–H and O–H groups in total. The molecule has 0 fully saturated rings. The number of benzene rings is 2.